The topological polar surface area (TPSA) is 51.5 Å². The number of amides is 1. The summed E-state index contributed by atoms with van der Waals surface area (Å²) in [4.78, 5) is 11.4. The maximum absolute atomic E-state index is 11.4. The molecule has 0 spiro atoms. The summed E-state index contributed by atoms with van der Waals surface area (Å²) in [6.45, 7) is 3.21. The van der Waals surface area contributed by atoms with E-state index in [9.17, 15) is 4.79 Å². The Kier molecular flexibility index (Phi) is 3.95. The third-order valence-electron chi connectivity index (χ3n) is 3.72. The van der Waals surface area contributed by atoms with Gasteiger partial charge in [-0.15, -0.1) is 0 Å². The smallest absolute Gasteiger partial charge is 0.243 e. The van der Waals surface area contributed by atoms with Gasteiger partial charge in [-0.3, -0.25) is 4.79 Å². The quantitative estimate of drug-likeness (QED) is 0.879. The van der Waals surface area contributed by atoms with Crippen molar-refractivity contribution >= 4 is 16.9 Å². The van der Waals surface area contributed by atoms with E-state index in [1.165, 1.54) is 11.6 Å². The number of nitrogens with one attached hydrogen (secondary N) is 1. The molecule has 1 aliphatic heterocycles. The average Bonchev–Trinajstić information content (AvgIpc) is 2.91. The highest BCUT2D eigenvalue weighted by Gasteiger charge is 2.18. The molecular weight excluding hydrogens is 266 g/mol. The van der Waals surface area contributed by atoms with Crippen molar-refractivity contribution < 1.29 is 13.9 Å². The van der Waals surface area contributed by atoms with Crippen molar-refractivity contribution in [3.8, 4) is 5.75 Å². The maximum atomic E-state index is 11.4. The van der Waals surface area contributed by atoms with Crippen LogP contribution in [0.15, 0.2) is 35.0 Å². The van der Waals surface area contributed by atoms with Crippen LogP contribution in [-0.2, 0) is 17.6 Å². The van der Waals surface area contributed by atoms with Crippen LogP contribution in [0.1, 0.15) is 24.5 Å². The third kappa shape index (κ3) is 2.79. The van der Waals surface area contributed by atoms with Crippen molar-refractivity contribution in [2.24, 2.45) is 0 Å². The van der Waals surface area contributed by atoms with Crippen LogP contribution in [-0.4, -0.2) is 19.1 Å². The third-order valence-corrected chi connectivity index (χ3v) is 3.72. The summed E-state index contributed by atoms with van der Waals surface area (Å²) in [5, 5.41) is 4.03. The molecule has 0 unspecified atom stereocenters. The number of ether oxygens (including phenoxy) is 1. The van der Waals surface area contributed by atoms with E-state index in [4.69, 9.17) is 9.15 Å². The van der Waals surface area contributed by atoms with Crippen LogP contribution in [0.4, 0.5) is 0 Å². The molecule has 3 rings (SSSR count). The molecule has 0 saturated carbocycles. The SMILES string of the molecule is C/C=C/C(=O)NCCc1coc2ccc3c(c12)CCCO3. The average molecular weight is 285 g/mol. The van der Waals surface area contributed by atoms with Gasteiger partial charge in [-0.25, -0.2) is 0 Å². The number of rotatable bonds is 4. The van der Waals surface area contributed by atoms with E-state index in [2.05, 4.69) is 5.32 Å². The number of hydrogen-bond acceptors (Lipinski definition) is 3. The minimum absolute atomic E-state index is 0.0596. The first-order valence-electron chi connectivity index (χ1n) is 7.35. The van der Waals surface area contributed by atoms with E-state index in [-0.39, 0.29) is 5.91 Å². The lowest BCUT2D eigenvalue weighted by atomic mass is 9.98. The Hall–Kier alpha value is -2.23. The van der Waals surface area contributed by atoms with Crippen molar-refractivity contribution in [1.29, 1.82) is 0 Å². The minimum atomic E-state index is -0.0596. The zero-order valence-corrected chi connectivity index (χ0v) is 12.1. The van der Waals surface area contributed by atoms with Crippen LogP contribution in [0.25, 0.3) is 11.0 Å². The van der Waals surface area contributed by atoms with E-state index in [0.29, 0.717) is 6.54 Å². The van der Waals surface area contributed by atoms with Gasteiger partial charge >= 0.3 is 0 Å². The van der Waals surface area contributed by atoms with Gasteiger partial charge in [0.15, 0.2) is 0 Å². The van der Waals surface area contributed by atoms with Gasteiger partial charge in [0.2, 0.25) is 5.91 Å². The molecule has 0 aliphatic carbocycles. The predicted octanol–water partition coefficient (Wildman–Crippen LogP) is 2.99. The normalized spacial score (nSPS) is 14.1. The molecule has 0 fully saturated rings. The van der Waals surface area contributed by atoms with Gasteiger partial charge in [-0.1, -0.05) is 6.08 Å². The zero-order chi connectivity index (χ0) is 14.7. The van der Waals surface area contributed by atoms with Gasteiger partial charge in [-0.2, -0.15) is 0 Å². The number of furan rings is 1. The van der Waals surface area contributed by atoms with Crippen molar-refractivity contribution in [3.63, 3.8) is 0 Å². The molecular formula is C17H19NO3. The van der Waals surface area contributed by atoms with E-state index in [0.717, 1.165) is 48.2 Å². The second-order valence-corrected chi connectivity index (χ2v) is 5.17. The number of carbonyl (C=O) groups excluding carboxylic acids is 1. The fourth-order valence-corrected chi connectivity index (χ4v) is 2.78. The lowest BCUT2D eigenvalue weighted by Crippen LogP contribution is -2.23. The molecule has 0 saturated heterocycles. The Morgan fingerprint density at radius 3 is 3.19 bits per heavy atom. The second kappa shape index (κ2) is 6.04. The van der Waals surface area contributed by atoms with Crippen molar-refractivity contribution in [2.75, 3.05) is 13.2 Å². The lowest BCUT2D eigenvalue weighted by molar-refractivity contribution is -0.116. The van der Waals surface area contributed by atoms with Gasteiger partial charge in [0, 0.05) is 23.1 Å². The standard InChI is InChI=1S/C17H19NO3/c1-2-4-16(19)18-9-8-12-11-21-15-7-6-14-13(17(12)15)5-3-10-20-14/h2,4,6-7,11H,3,5,8-10H2,1H3,(H,18,19)/b4-2+. The number of aryl methyl sites for hydroxylation is 1. The highest BCUT2D eigenvalue weighted by atomic mass is 16.5. The highest BCUT2D eigenvalue weighted by molar-refractivity contribution is 5.88. The molecule has 1 aromatic heterocycles. The van der Waals surface area contributed by atoms with E-state index in [1.807, 2.05) is 19.1 Å². The number of hydrogen-bond donors (Lipinski definition) is 1. The fraction of sp³-hybridized carbons (Fsp3) is 0.353. The van der Waals surface area contributed by atoms with Crippen LogP contribution >= 0.6 is 0 Å². The van der Waals surface area contributed by atoms with E-state index in [1.54, 1.807) is 12.3 Å². The summed E-state index contributed by atoms with van der Waals surface area (Å²) in [6.07, 6.45) is 7.87. The Morgan fingerprint density at radius 1 is 1.43 bits per heavy atom. The first-order chi connectivity index (χ1) is 10.3. The number of fused-ring (bicyclic) bond motifs is 3. The van der Waals surface area contributed by atoms with Crippen LogP contribution in [0.3, 0.4) is 0 Å². The van der Waals surface area contributed by atoms with Crippen molar-refractivity contribution in [3.05, 3.63) is 41.7 Å². The molecule has 1 N–H and O–H groups in total. The van der Waals surface area contributed by atoms with Crippen LogP contribution in [0.5, 0.6) is 5.75 Å². The molecule has 1 aliphatic rings. The maximum Gasteiger partial charge on any atom is 0.243 e. The summed E-state index contributed by atoms with van der Waals surface area (Å²) in [5.41, 5.74) is 3.27. The van der Waals surface area contributed by atoms with Gasteiger partial charge in [0.1, 0.15) is 11.3 Å². The van der Waals surface area contributed by atoms with Gasteiger partial charge in [0.05, 0.1) is 12.9 Å². The Bertz CT molecular complexity index is 685. The summed E-state index contributed by atoms with van der Waals surface area (Å²) in [5.74, 6) is 0.907. The highest BCUT2D eigenvalue weighted by Crippen LogP contribution is 2.35. The zero-order valence-electron chi connectivity index (χ0n) is 12.1. The molecule has 4 heteroatoms. The summed E-state index contributed by atoms with van der Waals surface area (Å²) in [7, 11) is 0. The van der Waals surface area contributed by atoms with Gasteiger partial charge in [0.25, 0.3) is 0 Å². The summed E-state index contributed by atoms with van der Waals surface area (Å²) in [6, 6.07) is 3.94. The molecule has 2 aromatic rings. The Balaban J connectivity index is 1.81. The van der Waals surface area contributed by atoms with E-state index >= 15 is 0 Å². The number of carbonyl (C=O) groups is 1. The van der Waals surface area contributed by atoms with Gasteiger partial charge in [-0.05, 0) is 44.4 Å². The van der Waals surface area contributed by atoms with E-state index < -0.39 is 0 Å². The molecule has 110 valence electrons. The Morgan fingerprint density at radius 2 is 2.33 bits per heavy atom. The molecule has 1 aromatic carbocycles. The fourth-order valence-electron chi connectivity index (χ4n) is 2.78. The molecule has 21 heavy (non-hydrogen) atoms. The van der Waals surface area contributed by atoms with Crippen LogP contribution < -0.4 is 10.1 Å². The minimum Gasteiger partial charge on any atom is -0.493 e. The monoisotopic (exact) mass is 285 g/mol. The Labute approximate surface area is 123 Å². The molecule has 0 bridgehead atoms. The molecule has 4 nitrogen and oxygen atoms in total. The largest absolute Gasteiger partial charge is 0.493 e. The first kappa shape index (κ1) is 13.7. The first-order valence-corrected chi connectivity index (χ1v) is 7.35. The molecule has 2 heterocycles. The number of benzene rings is 1. The lowest BCUT2D eigenvalue weighted by Gasteiger charge is -2.18. The summed E-state index contributed by atoms with van der Waals surface area (Å²) < 4.78 is 11.3. The molecule has 0 radical (unpaired) electrons. The number of allylic oxidation sites excluding steroid dienone is 1. The second-order valence-electron chi connectivity index (χ2n) is 5.17. The van der Waals surface area contributed by atoms with Crippen molar-refractivity contribution in [1.82, 2.24) is 5.32 Å². The van der Waals surface area contributed by atoms with Crippen LogP contribution in [0.2, 0.25) is 0 Å². The molecule has 1 amide bonds. The van der Waals surface area contributed by atoms with Gasteiger partial charge < -0.3 is 14.5 Å². The van der Waals surface area contributed by atoms with Crippen LogP contribution in [0, 0.1) is 0 Å². The predicted molar refractivity (Wildman–Crippen MR) is 81.6 cm³/mol. The van der Waals surface area contributed by atoms with Crippen molar-refractivity contribution in [2.45, 2.75) is 26.2 Å². The molecule has 0 atom stereocenters. The summed E-state index contributed by atoms with van der Waals surface area (Å²) >= 11 is 0.